The average molecular weight is 182 g/mol. The van der Waals surface area contributed by atoms with Gasteiger partial charge in [0.25, 0.3) is 0 Å². The third-order valence-corrected chi connectivity index (χ3v) is 3.42. The van der Waals surface area contributed by atoms with Crippen LogP contribution in [0.4, 0.5) is 0 Å². The highest BCUT2D eigenvalue weighted by Gasteiger charge is 2.41. The first-order chi connectivity index (χ1) is 6.23. The normalized spacial score (nSPS) is 29.5. The predicted molar refractivity (Wildman–Crippen MR) is 51.7 cm³/mol. The lowest BCUT2D eigenvalue weighted by Gasteiger charge is -2.42. The number of hydrogen-bond acceptors (Lipinski definition) is 3. The van der Waals surface area contributed by atoms with E-state index in [2.05, 4.69) is 17.3 Å². The van der Waals surface area contributed by atoms with Crippen molar-refractivity contribution >= 4 is 5.78 Å². The van der Waals surface area contributed by atoms with Crippen molar-refractivity contribution in [2.24, 2.45) is 0 Å². The molecule has 2 aliphatic rings. The minimum absolute atomic E-state index is 0.134. The van der Waals surface area contributed by atoms with Crippen molar-refractivity contribution in [2.75, 3.05) is 26.7 Å². The van der Waals surface area contributed by atoms with Crippen LogP contribution in [0.15, 0.2) is 0 Å². The number of carbonyl (C=O) groups excluding carboxylic acids is 1. The minimum Gasteiger partial charge on any atom is -0.306 e. The average Bonchev–Trinajstić information content (AvgIpc) is 2.15. The molecule has 0 radical (unpaired) electrons. The molecule has 3 heteroatoms. The van der Waals surface area contributed by atoms with E-state index in [0.29, 0.717) is 5.78 Å². The van der Waals surface area contributed by atoms with Crippen molar-refractivity contribution in [1.29, 1.82) is 0 Å². The van der Waals surface area contributed by atoms with Crippen LogP contribution in [-0.4, -0.2) is 42.9 Å². The fourth-order valence-corrected chi connectivity index (χ4v) is 2.37. The Morgan fingerprint density at radius 3 is 2.69 bits per heavy atom. The molecule has 2 saturated heterocycles. The third kappa shape index (κ3) is 1.63. The smallest absolute Gasteiger partial charge is 0.153 e. The molecule has 0 aliphatic carbocycles. The minimum atomic E-state index is -0.134. The Morgan fingerprint density at radius 1 is 1.38 bits per heavy atom. The summed E-state index contributed by atoms with van der Waals surface area (Å²) in [6, 6.07) is 0. The van der Waals surface area contributed by atoms with Gasteiger partial charge in [-0.25, -0.2) is 0 Å². The second-order valence-corrected chi connectivity index (χ2v) is 4.34. The Bertz CT molecular complexity index is 207. The van der Waals surface area contributed by atoms with E-state index in [1.54, 1.807) is 0 Å². The van der Waals surface area contributed by atoms with Crippen LogP contribution in [-0.2, 0) is 4.79 Å². The van der Waals surface area contributed by atoms with Crippen molar-refractivity contribution in [1.82, 2.24) is 10.2 Å². The van der Waals surface area contributed by atoms with Gasteiger partial charge in [-0.1, -0.05) is 0 Å². The number of nitrogens with one attached hydrogen (secondary N) is 1. The summed E-state index contributed by atoms with van der Waals surface area (Å²) in [6.07, 6.45) is 3.82. The van der Waals surface area contributed by atoms with E-state index >= 15 is 0 Å². The number of nitrogens with zero attached hydrogens (tertiary/aromatic N) is 1. The van der Waals surface area contributed by atoms with Gasteiger partial charge in [0.15, 0.2) is 5.78 Å². The molecule has 0 aromatic carbocycles. The first-order valence-corrected chi connectivity index (χ1v) is 5.20. The first-order valence-electron chi connectivity index (χ1n) is 5.20. The van der Waals surface area contributed by atoms with E-state index in [-0.39, 0.29) is 5.54 Å². The monoisotopic (exact) mass is 182 g/mol. The summed E-state index contributed by atoms with van der Waals surface area (Å²) in [6.45, 7) is 3.13. The molecule has 0 aromatic heterocycles. The van der Waals surface area contributed by atoms with Gasteiger partial charge in [0.1, 0.15) is 0 Å². The van der Waals surface area contributed by atoms with E-state index in [9.17, 15) is 4.79 Å². The molecule has 2 rings (SSSR count). The molecule has 0 saturated carbocycles. The topological polar surface area (TPSA) is 32.3 Å². The molecule has 13 heavy (non-hydrogen) atoms. The zero-order chi connectivity index (χ0) is 9.31. The predicted octanol–water partition coefficient (Wildman–Crippen LogP) is 0.403. The maximum absolute atomic E-state index is 11.8. The van der Waals surface area contributed by atoms with Crippen LogP contribution < -0.4 is 5.32 Å². The molecule has 1 spiro atoms. The van der Waals surface area contributed by atoms with Crippen LogP contribution in [0.1, 0.15) is 25.7 Å². The molecule has 0 unspecified atom stereocenters. The largest absolute Gasteiger partial charge is 0.306 e. The van der Waals surface area contributed by atoms with Crippen LogP contribution in [0, 0.1) is 0 Å². The Morgan fingerprint density at radius 2 is 2.08 bits per heavy atom. The summed E-state index contributed by atoms with van der Waals surface area (Å²) in [4.78, 5) is 14.1. The van der Waals surface area contributed by atoms with Gasteiger partial charge in [0.2, 0.25) is 0 Å². The molecule has 1 N–H and O–H groups in total. The Kier molecular flexibility index (Phi) is 2.39. The second kappa shape index (κ2) is 3.39. The van der Waals surface area contributed by atoms with Crippen LogP contribution in [0.5, 0.6) is 0 Å². The van der Waals surface area contributed by atoms with Crippen molar-refractivity contribution < 1.29 is 4.79 Å². The number of ketones is 1. The molecule has 0 bridgehead atoms. The van der Waals surface area contributed by atoms with Crippen LogP contribution >= 0.6 is 0 Å². The zero-order valence-corrected chi connectivity index (χ0v) is 8.31. The van der Waals surface area contributed by atoms with Crippen LogP contribution in [0.2, 0.25) is 0 Å². The molecule has 74 valence electrons. The van der Waals surface area contributed by atoms with Crippen molar-refractivity contribution in [3.8, 4) is 0 Å². The molecular weight excluding hydrogens is 164 g/mol. The molecular formula is C10H18N2O. The number of hydrogen-bond donors (Lipinski definition) is 1. The van der Waals surface area contributed by atoms with E-state index in [1.165, 1.54) is 0 Å². The second-order valence-electron chi connectivity index (χ2n) is 4.34. The van der Waals surface area contributed by atoms with Crippen molar-refractivity contribution in [3.63, 3.8) is 0 Å². The Balaban J connectivity index is 2.06. The number of likely N-dealkylation sites (tertiary alicyclic amines) is 1. The standard InChI is InChI=1S/C10H18N2O/c1-12-7-4-10(5-8-12)9(13)3-2-6-11-10/h11H,2-8H2,1H3. The van der Waals surface area contributed by atoms with Gasteiger partial charge in [-0.05, 0) is 32.9 Å². The number of rotatable bonds is 0. The van der Waals surface area contributed by atoms with Gasteiger partial charge in [-0.15, -0.1) is 0 Å². The van der Waals surface area contributed by atoms with E-state index in [4.69, 9.17) is 0 Å². The highest BCUT2D eigenvalue weighted by molar-refractivity contribution is 5.89. The van der Waals surface area contributed by atoms with Crippen LogP contribution in [0.25, 0.3) is 0 Å². The molecule has 0 atom stereocenters. The Labute approximate surface area is 79.5 Å². The van der Waals surface area contributed by atoms with Crippen LogP contribution in [0.3, 0.4) is 0 Å². The SMILES string of the molecule is CN1CCC2(CC1)NCCCC2=O. The van der Waals surface area contributed by atoms with Gasteiger partial charge in [0.05, 0.1) is 5.54 Å². The summed E-state index contributed by atoms with van der Waals surface area (Å²) < 4.78 is 0. The molecule has 0 aromatic rings. The maximum Gasteiger partial charge on any atom is 0.153 e. The number of piperidine rings is 2. The summed E-state index contributed by atoms with van der Waals surface area (Å²) in [7, 11) is 2.13. The van der Waals surface area contributed by atoms with E-state index in [1.807, 2.05) is 0 Å². The lowest BCUT2D eigenvalue weighted by atomic mass is 9.79. The molecule has 2 fully saturated rings. The number of carbonyl (C=O) groups is 1. The quantitative estimate of drug-likeness (QED) is 0.588. The molecule has 2 heterocycles. The molecule has 3 nitrogen and oxygen atoms in total. The van der Waals surface area contributed by atoms with E-state index < -0.39 is 0 Å². The highest BCUT2D eigenvalue weighted by Crippen LogP contribution is 2.26. The van der Waals surface area contributed by atoms with Gasteiger partial charge in [0, 0.05) is 19.5 Å². The summed E-state index contributed by atoms with van der Waals surface area (Å²) in [5.74, 6) is 0.451. The zero-order valence-electron chi connectivity index (χ0n) is 8.31. The van der Waals surface area contributed by atoms with Gasteiger partial charge < -0.3 is 10.2 Å². The van der Waals surface area contributed by atoms with E-state index in [0.717, 1.165) is 45.3 Å². The lowest BCUT2D eigenvalue weighted by Crippen LogP contribution is -2.60. The van der Waals surface area contributed by atoms with Crippen molar-refractivity contribution in [2.45, 2.75) is 31.2 Å². The fourth-order valence-electron chi connectivity index (χ4n) is 2.37. The first kappa shape index (κ1) is 9.16. The third-order valence-electron chi connectivity index (χ3n) is 3.42. The maximum atomic E-state index is 11.8. The summed E-state index contributed by atoms with van der Waals surface area (Å²) in [5, 5.41) is 3.43. The van der Waals surface area contributed by atoms with Gasteiger partial charge >= 0.3 is 0 Å². The Hall–Kier alpha value is -0.410. The fraction of sp³-hybridized carbons (Fsp3) is 0.900. The highest BCUT2D eigenvalue weighted by atomic mass is 16.1. The molecule has 0 amide bonds. The van der Waals surface area contributed by atoms with Crippen molar-refractivity contribution in [3.05, 3.63) is 0 Å². The summed E-state index contributed by atoms with van der Waals surface area (Å²) in [5.41, 5.74) is -0.134. The van der Waals surface area contributed by atoms with Gasteiger partial charge in [-0.2, -0.15) is 0 Å². The number of Topliss-reactive ketones (excluding diaryl/α,β-unsaturated/α-hetero) is 1. The lowest BCUT2D eigenvalue weighted by molar-refractivity contribution is -0.129. The summed E-state index contributed by atoms with van der Waals surface area (Å²) >= 11 is 0. The molecule has 2 aliphatic heterocycles. The van der Waals surface area contributed by atoms with Gasteiger partial charge in [-0.3, -0.25) is 4.79 Å².